The third-order valence-electron chi connectivity index (χ3n) is 4.26. The molecule has 1 aromatic rings. The average molecular weight is 417 g/mol. The fraction of sp³-hybridized carbons (Fsp3) is 0.588. The molecule has 0 aliphatic carbocycles. The summed E-state index contributed by atoms with van der Waals surface area (Å²) in [5.41, 5.74) is -4.65. The molecule has 1 aromatic carbocycles. The number of alkyl halides is 6. The van der Waals surface area contributed by atoms with Crippen LogP contribution >= 0.6 is 0 Å². The molecule has 152 valence electrons. The van der Waals surface area contributed by atoms with E-state index in [0.717, 1.165) is 42.9 Å². The second-order valence-electron chi connectivity index (χ2n) is 6.32. The molecule has 0 saturated carbocycles. The van der Waals surface area contributed by atoms with Gasteiger partial charge in [0, 0.05) is 5.56 Å². The van der Waals surface area contributed by atoms with Crippen LogP contribution in [0.25, 0.3) is 0 Å². The summed E-state index contributed by atoms with van der Waals surface area (Å²) >= 11 is 0. The Morgan fingerprint density at radius 2 is 1.48 bits per heavy atom. The van der Waals surface area contributed by atoms with Crippen LogP contribution in [-0.4, -0.2) is 52.7 Å². The molecule has 0 aromatic heterocycles. The van der Waals surface area contributed by atoms with Crippen molar-refractivity contribution in [2.75, 3.05) is 23.9 Å². The minimum absolute atomic E-state index is 0.0204. The number of halogens is 6. The molecule has 1 saturated heterocycles. The molecule has 27 heavy (non-hydrogen) atoms. The van der Waals surface area contributed by atoms with Crippen molar-refractivity contribution in [3.63, 3.8) is 0 Å². The molecule has 0 spiro atoms. The predicted octanol–water partition coefficient (Wildman–Crippen LogP) is 3.91. The highest BCUT2D eigenvalue weighted by molar-refractivity contribution is 7.97. The zero-order valence-corrected chi connectivity index (χ0v) is 15.0. The van der Waals surface area contributed by atoms with Gasteiger partial charge in [-0.1, -0.05) is 0 Å². The number of ether oxygens (including phenoxy) is 1. The second-order valence-corrected chi connectivity index (χ2v) is 8.65. The van der Waals surface area contributed by atoms with Gasteiger partial charge in [0.05, 0.1) is 0 Å². The summed E-state index contributed by atoms with van der Waals surface area (Å²) in [4.78, 5) is 12.2. The van der Waals surface area contributed by atoms with Crippen LogP contribution in [-0.2, 0) is 10.9 Å². The van der Waals surface area contributed by atoms with E-state index in [1.165, 1.54) is 12.1 Å². The van der Waals surface area contributed by atoms with Gasteiger partial charge in [0.25, 0.3) is 5.60 Å². The summed E-state index contributed by atoms with van der Waals surface area (Å²) in [6.45, 7) is -2.03. The lowest BCUT2D eigenvalue weighted by Crippen LogP contribution is -2.60. The first-order valence-electron chi connectivity index (χ1n) is 8.20. The maximum atomic E-state index is 12.6. The lowest BCUT2D eigenvalue weighted by atomic mass is 10.0. The first kappa shape index (κ1) is 21.9. The van der Waals surface area contributed by atoms with Crippen molar-refractivity contribution in [1.82, 2.24) is 0 Å². The lowest BCUT2D eigenvalue weighted by Gasteiger charge is -2.31. The Kier molecular flexibility index (Phi) is 6.72. The van der Waals surface area contributed by atoms with Crippen molar-refractivity contribution in [2.24, 2.45) is 0 Å². The van der Waals surface area contributed by atoms with Gasteiger partial charge in [-0.25, -0.2) is 0 Å². The Morgan fingerprint density at radius 1 is 0.963 bits per heavy atom. The number of carbonyl (C=O) groups is 1. The summed E-state index contributed by atoms with van der Waals surface area (Å²) in [6.07, 6.45) is -8.55. The number of hydrogen-bond donors (Lipinski definition) is 1. The Hall–Kier alpha value is -1.42. The van der Waals surface area contributed by atoms with Gasteiger partial charge >= 0.3 is 12.4 Å². The quantitative estimate of drug-likeness (QED) is 0.434. The Bertz CT molecular complexity index is 622. The van der Waals surface area contributed by atoms with E-state index in [9.17, 15) is 31.1 Å². The van der Waals surface area contributed by atoms with E-state index in [1.807, 2.05) is 0 Å². The SMILES string of the molecule is O=C(C[S+]1CCCCC1)c1ccc(OCC(O)(C(F)(F)F)C(F)(F)F)cc1. The minimum Gasteiger partial charge on any atom is -0.490 e. The molecule has 0 bridgehead atoms. The standard InChI is InChI=1S/C17H19F6O3S/c18-16(19,20)15(25,17(21,22)23)11-26-13-6-4-12(5-7-13)14(24)10-27-8-2-1-3-9-27/h4-7,25H,1-3,8-11H2/q+1. The van der Waals surface area contributed by atoms with Crippen molar-refractivity contribution in [2.45, 2.75) is 37.2 Å². The molecule has 0 amide bonds. The van der Waals surface area contributed by atoms with Crippen molar-refractivity contribution in [3.05, 3.63) is 29.8 Å². The van der Waals surface area contributed by atoms with E-state index in [4.69, 9.17) is 5.11 Å². The summed E-state index contributed by atoms with van der Waals surface area (Å²) in [5.74, 6) is 1.97. The number of benzene rings is 1. The normalized spacial score (nSPS) is 17.0. The number of Topliss-reactive ketones (excluding diaryl/α,β-unsaturated/α-hetero) is 1. The van der Waals surface area contributed by atoms with Crippen LogP contribution in [0.2, 0.25) is 0 Å². The first-order valence-corrected chi connectivity index (χ1v) is 9.93. The molecular weight excluding hydrogens is 398 g/mol. The van der Waals surface area contributed by atoms with Crippen LogP contribution in [0.4, 0.5) is 26.3 Å². The summed E-state index contributed by atoms with van der Waals surface area (Å²) in [5, 5.41) is 9.04. The van der Waals surface area contributed by atoms with Gasteiger partial charge in [0.15, 0.2) is 5.75 Å². The maximum Gasteiger partial charge on any atom is 0.429 e. The second kappa shape index (κ2) is 8.30. The van der Waals surface area contributed by atoms with E-state index >= 15 is 0 Å². The van der Waals surface area contributed by atoms with E-state index in [0.29, 0.717) is 11.3 Å². The highest BCUT2D eigenvalue weighted by atomic mass is 32.2. The van der Waals surface area contributed by atoms with Gasteiger partial charge in [-0.05, 0) is 54.4 Å². The predicted molar refractivity (Wildman–Crippen MR) is 89.1 cm³/mol. The molecule has 0 radical (unpaired) electrons. The van der Waals surface area contributed by atoms with Crippen LogP contribution in [0, 0.1) is 0 Å². The van der Waals surface area contributed by atoms with Crippen molar-refractivity contribution >= 4 is 16.7 Å². The molecule has 1 aliphatic rings. The Labute approximate surface area is 155 Å². The summed E-state index contributed by atoms with van der Waals surface area (Å²) in [6, 6.07) is 4.82. The van der Waals surface area contributed by atoms with Gasteiger partial charge in [-0.15, -0.1) is 0 Å². The van der Waals surface area contributed by atoms with E-state index in [2.05, 4.69) is 4.74 Å². The number of aliphatic hydroxyl groups is 1. The topological polar surface area (TPSA) is 46.5 Å². The van der Waals surface area contributed by atoms with Crippen LogP contribution < -0.4 is 4.74 Å². The highest BCUT2D eigenvalue weighted by Crippen LogP contribution is 2.43. The third-order valence-corrected chi connectivity index (χ3v) is 6.67. The van der Waals surface area contributed by atoms with Gasteiger partial charge in [-0.2, -0.15) is 26.3 Å². The lowest BCUT2D eigenvalue weighted by molar-refractivity contribution is -0.373. The van der Waals surface area contributed by atoms with Crippen LogP contribution in [0.15, 0.2) is 24.3 Å². The molecule has 1 heterocycles. The molecule has 10 heteroatoms. The molecule has 1 N–H and O–H groups in total. The van der Waals surface area contributed by atoms with E-state index in [-0.39, 0.29) is 22.4 Å². The van der Waals surface area contributed by atoms with Gasteiger partial charge in [-0.3, -0.25) is 4.79 Å². The molecule has 1 fully saturated rings. The Balaban J connectivity index is 1.99. The number of rotatable bonds is 6. The Morgan fingerprint density at radius 3 is 1.96 bits per heavy atom. The highest BCUT2D eigenvalue weighted by Gasteiger charge is 2.71. The van der Waals surface area contributed by atoms with Crippen LogP contribution in [0.3, 0.4) is 0 Å². The van der Waals surface area contributed by atoms with Gasteiger partial charge < -0.3 is 9.84 Å². The van der Waals surface area contributed by atoms with Gasteiger partial charge in [0.1, 0.15) is 23.9 Å². The zero-order chi connectivity index (χ0) is 20.3. The van der Waals surface area contributed by atoms with E-state index < -0.39 is 24.6 Å². The van der Waals surface area contributed by atoms with Crippen molar-refractivity contribution in [1.29, 1.82) is 0 Å². The minimum atomic E-state index is -5.94. The molecule has 3 nitrogen and oxygen atoms in total. The van der Waals surface area contributed by atoms with Crippen molar-refractivity contribution < 1.29 is 41.0 Å². The molecule has 0 unspecified atom stereocenters. The smallest absolute Gasteiger partial charge is 0.429 e. The fourth-order valence-electron chi connectivity index (χ4n) is 2.55. The molecule has 2 rings (SSSR count). The summed E-state index contributed by atoms with van der Waals surface area (Å²) in [7, 11) is 0.0204. The van der Waals surface area contributed by atoms with E-state index in [1.54, 1.807) is 0 Å². The fourth-order valence-corrected chi connectivity index (χ4v) is 4.81. The van der Waals surface area contributed by atoms with Crippen LogP contribution in [0.5, 0.6) is 5.75 Å². The number of carbonyl (C=O) groups excluding carboxylic acids is 1. The van der Waals surface area contributed by atoms with Crippen LogP contribution in [0.1, 0.15) is 29.6 Å². The molecular formula is C17H19F6O3S+. The zero-order valence-electron chi connectivity index (χ0n) is 14.2. The average Bonchev–Trinajstić information content (AvgIpc) is 2.59. The van der Waals surface area contributed by atoms with Gasteiger partial charge in [0.2, 0.25) is 5.78 Å². The molecule has 0 atom stereocenters. The van der Waals surface area contributed by atoms with Crippen molar-refractivity contribution in [3.8, 4) is 5.75 Å². The first-order chi connectivity index (χ1) is 12.4. The monoisotopic (exact) mass is 417 g/mol. The number of ketones is 1. The third kappa shape index (κ3) is 5.31. The largest absolute Gasteiger partial charge is 0.490 e. The maximum absolute atomic E-state index is 12.6. The number of hydrogen-bond acceptors (Lipinski definition) is 3. The summed E-state index contributed by atoms with van der Waals surface area (Å²) < 4.78 is 80.1. The molecule has 1 aliphatic heterocycles.